The summed E-state index contributed by atoms with van der Waals surface area (Å²) in [4.78, 5) is 11.8. The first kappa shape index (κ1) is 12.1. The molecule has 1 aliphatic heterocycles. The van der Waals surface area contributed by atoms with E-state index < -0.39 is 0 Å². The van der Waals surface area contributed by atoms with Crippen molar-refractivity contribution >= 4 is 5.91 Å². The zero-order valence-corrected chi connectivity index (χ0v) is 10.4. The summed E-state index contributed by atoms with van der Waals surface area (Å²) in [7, 11) is 0. The van der Waals surface area contributed by atoms with Gasteiger partial charge in [-0.1, -0.05) is 0 Å². The summed E-state index contributed by atoms with van der Waals surface area (Å²) in [6.45, 7) is 4.93. The van der Waals surface area contributed by atoms with Crippen LogP contribution in [0.1, 0.15) is 31.2 Å². The predicted molar refractivity (Wildman–Crippen MR) is 65.7 cm³/mol. The summed E-state index contributed by atoms with van der Waals surface area (Å²) in [6, 6.07) is 2.13. The van der Waals surface area contributed by atoms with Crippen LogP contribution < -0.4 is 10.6 Å². The third-order valence-electron chi connectivity index (χ3n) is 3.04. The quantitative estimate of drug-likeness (QED) is 0.713. The number of nitrogens with one attached hydrogen (secondary N) is 3. The summed E-state index contributed by atoms with van der Waals surface area (Å²) < 4.78 is 0. The molecule has 0 aliphatic carbocycles. The minimum Gasteiger partial charge on any atom is -0.352 e. The van der Waals surface area contributed by atoms with Crippen LogP contribution >= 0.6 is 0 Å². The molecule has 2 unspecified atom stereocenters. The van der Waals surface area contributed by atoms with Crippen LogP contribution in [0.3, 0.4) is 0 Å². The summed E-state index contributed by atoms with van der Waals surface area (Å²) in [5, 5.41) is 13.3. The molecule has 0 radical (unpaired) electrons. The van der Waals surface area contributed by atoms with Gasteiger partial charge in [0, 0.05) is 18.2 Å². The second-order valence-corrected chi connectivity index (χ2v) is 4.80. The predicted octanol–water partition coefficient (Wildman–Crippen LogP) is 0.517. The number of hydrogen-bond donors (Lipinski definition) is 3. The summed E-state index contributed by atoms with van der Waals surface area (Å²) in [5.74, 6) is 0.113. The number of rotatable bonds is 4. The fourth-order valence-electron chi connectivity index (χ4n) is 2.20. The molecule has 17 heavy (non-hydrogen) atoms. The van der Waals surface area contributed by atoms with Gasteiger partial charge in [0.1, 0.15) is 0 Å². The number of aryl methyl sites for hydroxylation is 1. The van der Waals surface area contributed by atoms with E-state index in [1.54, 1.807) is 0 Å². The average molecular weight is 236 g/mol. The molecule has 1 aromatic rings. The van der Waals surface area contributed by atoms with Crippen LogP contribution in [0.2, 0.25) is 0 Å². The monoisotopic (exact) mass is 236 g/mol. The van der Waals surface area contributed by atoms with Crippen molar-refractivity contribution in [1.82, 2.24) is 20.8 Å². The van der Waals surface area contributed by atoms with Crippen LogP contribution in [-0.2, 0) is 11.2 Å². The Kier molecular flexibility index (Phi) is 3.78. The van der Waals surface area contributed by atoms with Crippen molar-refractivity contribution in [2.75, 3.05) is 6.54 Å². The number of aromatic nitrogens is 2. The molecule has 0 spiro atoms. The number of nitrogens with zero attached hydrogens (tertiary/aromatic N) is 1. The maximum absolute atomic E-state index is 11.8. The molecule has 1 aromatic heterocycles. The first-order chi connectivity index (χ1) is 8.15. The van der Waals surface area contributed by atoms with Crippen molar-refractivity contribution in [1.29, 1.82) is 0 Å². The summed E-state index contributed by atoms with van der Waals surface area (Å²) in [6.07, 6.45) is 2.80. The first-order valence-electron chi connectivity index (χ1n) is 6.20. The van der Waals surface area contributed by atoms with Gasteiger partial charge in [-0.05, 0) is 39.3 Å². The molecule has 94 valence electrons. The lowest BCUT2D eigenvalue weighted by Crippen LogP contribution is -2.44. The number of H-pyrrole nitrogens is 1. The van der Waals surface area contributed by atoms with Crippen molar-refractivity contribution in [3.8, 4) is 0 Å². The standard InChI is InChI=1S/C12H20N4O/c1-8(6-10-7-9(2)15-16-10)14-12(17)11-4-3-5-13-11/h7-8,11,13H,3-6H2,1-2H3,(H,14,17)(H,15,16). The van der Waals surface area contributed by atoms with Crippen LogP contribution in [0, 0.1) is 6.92 Å². The molecular formula is C12H20N4O. The Morgan fingerprint density at radius 2 is 2.53 bits per heavy atom. The highest BCUT2D eigenvalue weighted by molar-refractivity contribution is 5.82. The Balaban J connectivity index is 1.80. The molecule has 5 heteroatoms. The molecule has 0 aromatic carbocycles. The van der Waals surface area contributed by atoms with Crippen molar-refractivity contribution < 1.29 is 4.79 Å². The Morgan fingerprint density at radius 1 is 1.71 bits per heavy atom. The SMILES string of the molecule is Cc1cc(CC(C)NC(=O)C2CCCN2)n[nH]1. The smallest absolute Gasteiger partial charge is 0.237 e. The largest absolute Gasteiger partial charge is 0.352 e. The number of carbonyl (C=O) groups is 1. The van der Waals surface area contributed by atoms with E-state index in [1.165, 1.54) is 0 Å². The average Bonchev–Trinajstić information content (AvgIpc) is 2.89. The first-order valence-corrected chi connectivity index (χ1v) is 6.20. The zero-order chi connectivity index (χ0) is 12.3. The topological polar surface area (TPSA) is 69.8 Å². The van der Waals surface area contributed by atoms with Gasteiger partial charge in [0.05, 0.1) is 11.7 Å². The lowest BCUT2D eigenvalue weighted by atomic mass is 10.1. The Morgan fingerprint density at radius 3 is 3.12 bits per heavy atom. The van der Waals surface area contributed by atoms with Crippen LogP contribution in [0.4, 0.5) is 0 Å². The van der Waals surface area contributed by atoms with Gasteiger partial charge in [-0.3, -0.25) is 9.89 Å². The molecule has 2 rings (SSSR count). The maximum Gasteiger partial charge on any atom is 0.237 e. The third-order valence-corrected chi connectivity index (χ3v) is 3.04. The molecule has 2 atom stereocenters. The maximum atomic E-state index is 11.8. The lowest BCUT2D eigenvalue weighted by Gasteiger charge is -2.16. The Hall–Kier alpha value is -1.36. The van der Waals surface area contributed by atoms with Gasteiger partial charge in [-0.25, -0.2) is 0 Å². The summed E-state index contributed by atoms with van der Waals surface area (Å²) in [5.41, 5.74) is 2.05. The van der Waals surface area contributed by atoms with Crippen LogP contribution in [0.5, 0.6) is 0 Å². The Labute approximate surface area is 101 Å². The molecule has 1 saturated heterocycles. The van der Waals surface area contributed by atoms with Gasteiger partial charge in [0.2, 0.25) is 5.91 Å². The lowest BCUT2D eigenvalue weighted by molar-refractivity contribution is -0.123. The van der Waals surface area contributed by atoms with E-state index in [-0.39, 0.29) is 18.0 Å². The number of hydrogen-bond acceptors (Lipinski definition) is 3. The van der Waals surface area contributed by atoms with E-state index >= 15 is 0 Å². The number of carbonyl (C=O) groups excluding carboxylic acids is 1. The number of amides is 1. The molecule has 0 saturated carbocycles. The van der Waals surface area contributed by atoms with Crippen molar-refractivity contribution in [3.63, 3.8) is 0 Å². The van der Waals surface area contributed by atoms with Crippen molar-refractivity contribution in [2.24, 2.45) is 0 Å². The molecule has 1 fully saturated rings. The minimum atomic E-state index is -0.00151. The third kappa shape index (κ3) is 3.30. The van der Waals surface area contributed by atoms with E-state index in [0.29, 0.717) is 0 Å². The second kappa shape index (κ2) is 5.31. The molecule has 5 nitrogen and oxygen atoms in total. The minimum absolute atomic E-state index is 0.00151. The van der Waals surface area contributed by atoms with E-state index in [0.717, 1.165) is 37.2 Å². The van der Waals surface area contributed by atoms with E-state index in [4.69, 9.17) is 0 Å². The highest BCUT2D eigenvalue weighted by atomic mass is 16.2. The van der Waals surface area contributed by atoms with Gasteiger partial charge in [0.25, 0.3) is 0 Å². The van der Waals surface area contributed by atoms with Gasteiger partial charge >= 0.3 is 0 Å². The van der Waals surface area contributed by atoms with Crippen LogP contribution in [-0.4, -0.2) is 34.7 Å². The van der Waals surface area contributed by atoms with Crippen LogP contribution in [0.25, 0.3) is 0 Å². The molecule has 1 aliphatic rings. The zero-order valence-electron chi connectivity index (χ0n) is 10.4. The molecule has 2 heterocycles. The van der Waals surface area contributed by atoms with Gasteiger partial charge in [-0.15, -0.1) is 0 Å². The molecular weight excluding hydrogens is 216 g/mol. The van der Waals surface area contributed by atoms with Crippen LogP contribution in [0.15, 0.2) is 6.07 Å². The van der Waals surface area contributed by atoms with Gasteiger partial charge in [-0.2, -0.15) is 5.10 Å². The van der Waals surface area contributed by atoms with E-state index in [2.05, 4.69) is 20.8 Å². The highest BCUT2D eigenvalue weighted by Gasteiger charge is 2.23. The molecule has 0 bridgehead atoms. The van der Waals surface area contributed by atoms with Gasteiger partial charge < -0.3 is 10.6 Å². The van der Waals surface area contributed by atoms with E-state index in [1.807, 2.05) is 19.9 Å². The fourth-order valence-corrected chi connectivity index (χ4v) is 2.20. The van der Waals surface area contributed by atoms with Gasteiger partial charge in [0.15, 0.2) is 0 Å². The Bertz CT molecular complexity index is 382. The van der Waals surface area contributed by atoms with Crippen molar-refractivity contribution in [3.05, 3.63) is 17.5 Å². The normalized spacial score (nSPS) is 21.4. The fraction of sp³-hybridized carbons (Fsp3) is 0.667. The molecule has 1 amide bonds. The highest BCUT2D eigenvalue weighted by Crippen LogP contribution is 2.06. The summed E-state index contributed by atoms with van der Waals surface area (Å²) >= 11 is 0. The molecule has 3 N–H and O–H groups in total. The second-order valence-electron chi connectivity index (χ2n) is 4.80. The van der Waals surface area contributed by atoms with E-state index in [9.17, 15) is 4.79 Å². The number of aromatic amines is 1. The van der Waals surface area contributed by atoms with Crippen molar-refractivity contribution in [2.45, 2.75) is 45.2 Å².